The van der Waals surface area contributed by atoms with Gasteiger partial charge in [0.1, 0.15) is 0 Å². The second-order valence-corrected chi connectivity index (χ2v) is 4.57. The molecule has 0 aliphatic heterocycles. The molecular weight excluding hydrogens is 357 g/mol. The molecule has 0 bridgehead atoms. The van der Waals surface area contributed by atoms with Gasteiger partial charge in [-0.15, -0.1) is 35.7 Å². The van der Waals surface area contributed by atoms with Crippen molar-refractivity contribution < 1.29 is 0 Å². The van der Waals surface area contributed by atoms with E-state index in [0.717, 1.165) is 13.1 Å². The fraction of sp³-hybridized carbons (Fsp3) is 0.462. The maximum absolute atomic E-state index is 5.91. The van der Waals surface area contributed by atoms with Gasteiger partial charge in [0.2, 0.25) is 0 Å². The van der Waals surface area contributed by atoms with Gasteiger partial charge >= 0.3 is 0 Å². The monoisotopic (exact) mass is 379 g/mol. The van der Waals surface area contributed by atoms with Crippen molar-refractivity contribution >= 4 is 41.7 Å². The van der Waals surface area contributed by atoms with Gasteiger partial charge in [-0.3, -0.25) is 0 Å². The number of hydrogen-bond donors (Lipinski definition) is 1. The highest BCUT2D eigenvalue weighted by Gasteiger charge is 2.01. The van der Waals surface area contributed by atoms with Crippen molar-refractivity contribution in [2.24, 2.45) is 10.7 Å². The van der Waals surface area contributed by atoms with Gasteiger partial charge in [-0.05, 0) is 37.8 Å². The summed E-state index contributed by atoms with van der Waals surface area (Å²) < 4.78 is 0. The molecule has 1 rings (SSSR count). The summed E-state index contributed by atoms with van der Waals surface area (Å²) >= 11 is 1.75. The summed E-state index contributed by atoms with van der Waals surface area (Å²) in [4.78, 5) is 7.73. The molecule has 0 aromatic heterocycles. The lowest BCUT2D eigenvalue weighted by Crippen LogP contribution is -2.37. The minimum absolute atomic E-state index is 0. The van der Waals surface area contributed by atoms with E-state index >= 15 is 0 Å². The first-order chi connectivity index (χ1) is 8.21. The highest BCUT2D eigenvalue weighted by Crippen LogP contribution is 2.15. The van der Waals surface area contributed by atoms with Gasteiger partial charge in [0.05, 0.1) is 6.54 Å². The lowest BCUT2D eigenvalue weighted by Gasteiger charge is -2.19. The summed E-state index contributed by atoms with van der Waals surface area (Å²) in [6, 6.07) is 8.43. The Balaban J connectivity index is 0.00000289. The van der Waals surface area contributed by atoms with Gasteiger partial charge in [-0.2, -0.15) is 0 Å². The van der Waals surface area contributed by atoms with Crippen LogP contribution in [0.25, 0.3) is 0 Å². The van der Waals surface area contributed by atoms with Crippen LogP contribution in [0.1, 0.15) is 19.4 Å². The molecule has 0 fully saturated rings. The number of hydrogen-bond acceptors (Lipinski definition) is 2. The van der Waals surface area contributed by atoms with Gasteiger partial charge in [0.25, 0.3) is 0 Å². The first-order valence-corrected chi connectivity index (χ1v) is 7.11. The zero-order chi connectivity index (χ0) is 12.7. The summed E-state index contributed by atoms with van der Waals surface area (Å²) in [5.41, 5.74) is 7.11. The molecule has 102 valence electrons. The molecular formula is C13H22IN3S. The fourth-order valence-corrected chi connectivity index (χ4v) is 1.96. The molecule has 0 heterocycles. The number of aliphatic imine (C=N–C) groups is 1. The molecule has 1 aromatic carbocycles. The van der Waals surface area contributed by atoms with Gasteiger partial charge in [-0.25, -0.2) is 4.99 Å². The van der Waals surface area contributed by atoms with Crippen molar-refractivity contribution in [2.75, 3.05) is 19.3 Å². The van der Waals surface area contributed by atoms with Gasteiger partial charge in [0, 0.05) is 18.0 Å². The minimum Gasteiger partial charge on any atom is -0.370 e. The lowest BCUT2D eigenvalue weighted by atomic mass is 10.2. The Morgan fingerprint density at radius 2 is 1.78 bits per heavy atom. The van der Waals surface area contributed by atoms with Crippen molar-refractivity contribution in [3.05, 3.63) is 29.8 Å². The van der Waals surface area contributed by atoms with E-state index in [1.165, 1.54) is 10.5 Å². The molecule has 0 saturated carbocycles. The smallest absolute Gasteiger partial charge is 0.191 e. The van der Waals surface area contributed by atoms with Crippen molar-refractivity contribution in [3.8, 4) is 0 Å². The molecule has 18 heavy (non-hydrogen) atoms. The quantitative estimate of drug-likeness (QED) is 0.370. The summed E-state index contributed by atoms with van der Waals surface area (Å²) in [5.74, 6) is 0.629. The predicted octanol–water partition coefficient (Wildman–Crippen LogP) is 3.18. The molecule has 0 atom stereocenters. The van der Waals surface area contributed by atoms with E-state index in [2.05, 4.69) is 54.3 Å². The lowest BCUT2D eigenvalue weighted by molar-refractivity contribution is 0.458. The van der Waals surface area contributed by atoms with Crippen LogP contribution in [0.15, 0.2) is 34.2 Å². The van der Waals surface area contributed by atoms with Crippen LogP contribution in [-0.2, 0) is 6.54 Å². The second-order valence-electron chi connectivity index (χ2n) is 3.69. The third-order valence-electron chi connectivity index (χ3n) is 2.67. The van der Waals surface area contributed by atoms with E-state index < -0.39 is 0 Å². The Morgan fingerprint density at radius 3 is 2.22 bits per heavy atom. The molecule has 0 aliphatic rings. The predicted molar refractivity (Wildman–Crippen MR) is 91.9 cm³/mol. The standard InChI is InChI=1S/C13H21N3S.HI/c1-4-16(5-2)13(14)15-10-11-6-8-12(17-3)9-7-11;/h6-9H,4-5,10H2,1-3H3,(H2,14,15);1H. The van der Waals surface area contributed by atoms with Crippen LogP contribution >= 0.6 is 35.7 Å². The molecule has 0 radical (unpaired) electrons. The van der Waals surface area contributed by atoms with E-state index in [0.29, 0.717) is 12.5 Å². The molecule has 0 saturated heterocycles. The number of benzene rings is 1. The van der Waals surface area contributed by atoms with Crippen molar-refractivity contribution in [1.29, 1.82) is 0 Å². The van der Waals surface area contributed by atoms with Crippen molar-refractivity contribution in [2.45, 2.75) is 25.3 Å². The number of nitrogens with two attached hydrogens (primary N) is 1. The first-order valence-electron chi connectivity index (χ1n) is 5.89. The molecule has 0 unspecified atom stereocenters. The molecule has 0 amide bonds. The Labute approximate surface area is 131 Å². The molecule has 0 spiro atoms. The Bertz CT molecular complexity index is 361. The minimum atomic E-state index is 0. The molecule has 5 heteroatoms. The maximum Gasteiger partial charge on any atom is 0.191 e. The molecule has 2 N–H and O–H groups in total. The van der Waals surface area contributed by atoms with Crippen molar-refractivity contribution in [3.63, 3.8) is 0 Å². The van der Waals surface area contributed by atoms with Crippen LogP contribution in [0.2, 0.25) is 0 Å². The van der Waals surface area contributed by atoms with E-state index in [9.17, 15) is 0 Å². The van der Waals surface area contributed by atoms with Gasteiger partial charge < -0.3 is 10.6 Å². The van der Waals surface area contributed by atoms with E-state index in [1.807, 2.05) is 0 Å². The number of halogens is 1. The highest BCUT2D eigenvalue weighted by atomic mass is 127. The van der Waals surface area contributed by atoms with Gasteiger partial charge in [-0.1, -0.05) is 12.1 Å². The van der Waals surface area contributed by atoms with Crippen molar-refractivity contribution in [1.82, 2.24) is 4.90 Å². The largest absolute Gasteiger partial charge is 0.370 e. The topological polar surface area (TPSA) is 41.6 Å². The summed E-state index contributed by atoms with van der Waals surface area (Å²) in [6.07, 6.45) is 2.07. The SMILES string of the molecule is CCN(CC)C(N)=NCc1ccc(SC)cc1.I. The van der Waals surface area contributed by atoms with Crippen LogP contribution in [0.4, 0.5) is 0 Å². The average Bonchev–Trinajstić information content (AvgIpc) is 2.38. The zero-order valence-electron chi connectivity index (χ0n) is 11.2. The number of thioether (sulfide) groups is 1. The third kappa shape index (κ3) is 5.48. The van der Waals surface area contributed by atoms with Crippen LogP contribution in [-0.4, -0.2) is 30.2 Å². The normalized spacial score (nSPS) is 10.9. The summed E-state index contributed by atoms with van der Waals surface area (Å²) in [7, 11) is 0. The van der Waals surface area contributed by atoms with E-state index in [4.69, 9.17) is 5.73 Å². The van der Waals surface area contributed by atoms with Crippen LogP contribution < -0.4 is 5.73 Å². The first kappa shape index (κ1) is 17.6. The zero-order valence-corrected chi connectivity index (χ0v) is 14.4. The molecule has 1 aromatic rings. The molecule has 0 aliphatic carbocycles. The Kier molecular flexibility index (Phi) is 9.27. The third-order valence-corrected chi connectivity index (χ3v) is 3.41. The van der Waals surface area contributed by atoms with Crippen LogP contribution in [0, 0.1) is 0 Å². The summed E-state index contributed by atoms with van der Waals surface area (Å²) in [6.45, 7) is 6.61. The maximum atomic E-state index is 5.91. The number of rotatable bonds is 5. The van der Waals surface area contributed by atoms with E-state index in [1.54, 1.807) is 11.8 Å². The van der Waals surface area contributed by atoms with Crippen LogP contribution in [0.3, 0.4) is 0 Å². The fourth-order valence-electron chi connectivity index (χ4n) is 1.55. The highest BCUT2D eigenvalue weighted by molar-refractivity contribution is 14.0. The Hall–Kier alpha value is -0.430. The number of nitrogens with zero attached hydrogens (tertiary/aromatic N) is 2. The van der Waals surface area contributed by atoms with Gasteiger partial charge in [0.15, 0.2) is 5.96 Å². The summed E-state index contributed by atoms with van der Waals surface area (Å²) in [5, 5.41) is 0. The average molecular weight is 379 g/mol. The number of guanidine groups is 1. The molecule has 3 nitrogen and oxygen atoms in total. The Morgan fingerprint density at radius 1 is 1.22 bits per heavy atom. The second kappa shape index (κ2) is 9.49. The van der Waals surface area contributed by atoms with E-state index in [-0.39, 0.29) is 24.0 Å². The van der Waals surface area contributed by atoms with Crippen LogP contribution in [0.5, 0.6) is 0 Å².